The zero-order valence-corrected chi connectivity index (χ0v) is 9.99. The van der Waals surface area contributed by atoms with Gasteiger partial charge in [0, 0.05) is 18.7 Å². The summed E-state index contributed by atoms with van der Waals surface area (Å²) >= 11 is 0. The van der Waals surface area contributed by atoms with Gasteiger partial charge in [0.25, 0.3) is 0 Å². The fourth-order valence-electron chi connectivity index (χ4n) is 1.71. The molecule has 0 saturated carbocycles. The number of ether oxygens (including phenoxy) is 2. The van der Waals surface area contributed by atoms with Crippen molar-refractivity contribution >= 4 is 5.97 Å². The van der Waals surface area contributed by atoms with E-state index in [1.54, 1.807) is 0 Å². The average Bonchev–Trinajstić information content (AvgIpc) is 2.27. The predicted molar refractivity (Wildman–Crippen MR) is 59.7 cm³/mol. The molecule has 0 aliphatic carbocycles. The molecular formula is C12H15FO4. The van der Waals surface area contributed by atoms with Gasteiger partial charge in [-0.1, -0.05) is 0 Å². The lowest BCUT2D eigenvalue weighted by Crippen LogP contribution is -2.12. The first kappa shape index (κ1) is 13.4. The van der Waals surface area contributed by atoms with Crippen LogP contribution < -0.4 is 4.74 Å². The maximum absolute atomic E-state index is 13.3. The molecule has 0 saturated heterocycles. The van der Waals surface area contributed by atoms with Gasteiger partial charge in [0.05, 0.1) is 19.6 Å². The smallest absolute Gasteiger partial charge is 0.310 e. The summed E-state index contributed by atoms with van der Waals surface area (Å²) in [5.74, 6) is -2.02. The largest absolute Gasteiger partial charge is 0.496 e. The van der Waals surface area contributed by atoms with Crippen molar-refractivity contribution in [3.63, 3.8) is 0 Å². The Morgan fingerprint density at radius 1 is 1.47 bits per heavy atom. The number of hydrogen-bond donors (Lipinski definition) is 1. The number of aliphatic carboxylic acids is 1. The monoisotopic (exact) mass is 242 g/mol. The second-order valence-corrected chi connectivity index (χ2v) is 3.67. The summed E-state index contributed by atoms with van der Waals surface area (Å²) in [6.45, 7) is 1.67. The van der Waals surface area contributed by atoms with Crippen LogP contribution in [0.25, 0.3) is 0 Å². The average molecular weight is 242 g/mol. The lowest BCUT2D eigenvalue weighted by Gasteiger charge is -2.17. The minimum atomic E-state index is -0.993. The Labute approximate surface area is 99.0 Å². The molecule has 0 heterocycles. The fourth-order valence-corrected chi connectivity index (χ4v) is 1.71. The van der Waals surface area contributed by atoms with E-state index >= 15 is 0 Å². The molecule has 1 rings (SSSR count). The van der Waals surface area contributed by atoms with Gasteiger partial charge >= 0.3 is 5.97 Å². The van der Waals surface area contributed by atoms with Crippen molar-refractivity contribution in [2.24, 2.45) is 0 Å². The van der Waals surface area contributed by atoms with Crippen LogP contribution in [0.4, 0.5) is 4.39 Å². The Kier molecular flexibility index (Phi) is 4.45. The Hall–Kier alpha value is -1.62. The summed E-state index contributed by atoms with van der Waals surface area (Å²) in [6, 6.07) is 2.44. The summed E-state index contributed by atoms with van der Waals surface area (Å²) in [5.41, 5.74) is 0.933. The minimum absolute atomic E-state index is 0.140. The maximum atomic E-state index is 13.3. The van der Waals surface area contributed by atoms with Gasteiger partial charge in [-0.15, -0.1) is 0 Å². The first-order valence-electron chi connectivity index (χ1n) is 5.09. The van der Waals surface area contributed by atoms with Crippen LogP contribution in [0.2, 0.25) is 0 Å². The molecule has 4 nitrogen and oxygen atoms in total. The summed E-state index contributed by atoms with van der Waals surface area (Å²) < 4.78 is 23.3. The Morgan fingerprint density at radius 2 is 2.12 bits per heavy atom. The van der Waals surface area contributed by atoms with Crippen molar-refractivity contribution in [1.82, 2.24) is 0 Å². The van der Waals surface area contributed by atoms with Gasteiger partial charge in [-0.25, -0.2) is 4.39 Å². The number of hydrogen-bond acceptors (Lipinski definition) is 3. The lowest BCUT2D eigenvalue weighted by molar-refractivity contribution is -0.138. The second-order valence-electron chi connectivity index (χ2n) is 3.67. The molecule has 0 aliphatic rings. The van der Waals surface area contributed by atoms with Crippen molar-refractivity contribution in [2.45, 2.75) is 19.4 Å². The van der Waals surface area contributed by atoms with Crippen molar-refractivity contribution in [3.8, 4) is 5.75 Å². The molecule has 0 radical (unpaired) electrons. The first-order chi connectivity index (χ1) is 8.01. The normalized spacial score (nSPS) is 12.2. The molecule has 17 heavy (non-hydrogen) atoms. The number of rotatable bonds is 5. The molecule has 94 valence electrons. The Bertz CT molecular complexity index is 417. The third kappa shape index (κ3) is 2.94. The molecule has 0 spiro atoms. The highest BCUT2D eigenvalue weighted by atomic mass is 19.1. The van der Waals surface area contributed by atoms with Gasteiger partial charge in [0.1, 0.15) is 11.6 Å². The van der Waals surface area contributed by atoms with Crippen molar-refractivity contribution < 1.29 is 23.8 Å². The van der Waals surface area contributed by atoms with Crippen LogP contribution in [0.5, 0.6) is 5.75 Å². The maximum Gasteiger partial charge on any atom is 0.310 e. The zero-order valence-electron chi connectivity index (χ0n) is 9.99. The van der Waals surface area contributed by atoms with E-state index in [4.69, 9.17) is 14.6 Å². The van der Waals surface area contributed by atoms with E-state index < -0.39 is 17.7 Å². The zero-order chi connectivity index (χ0) is 13.0. The minimum Gasteiger partial charge on any atom is -0.496 e. The van der Waals surface area contributed by atoms with E-state index in [1.807, 2.05) is 0 Å². The molecule has 1 N–H and O–H groups in total. The molecule has 1 unspecified atom stereocenters. The molecule has 0 bridgehead atoms. The van der Waals surface area contributed by atoms with Gasteiger partial charge in [-0.2, -0.15) is 0 Å². The van der Waals surface area contributed by atoms with E-state index in [0.717, 1.165) is 0 Å². The first-order valence-corrected chi connectivity index (χ1v) is 5.09. The topological polar surface area (TPSA) is 55.8 Å². The standard InChI is InChI=1S/C12H15FO4/c1-7(12(14)15)11-8(6-16-2)4-9(13)5-10(11)17-3/h4-5,7H,6H2,1-3H3,(H,14,15). The highest BCUT2D eigenvalue weighted by Gasteiger charge is 2.23. The summed E-state index contributed by atoms with van der Waals surface area (Å²) in [7, 11) is 2.84. The third-order valence-electron chi connectivity index (χ3n) is 2.52. The number of halogens is 1. The summed E-state index contributed by atoms with van der Waals surface area (Å²) in [6.07, 6.45) is 0. The number of methoxy groups -OCH3 is 2. The van der Waals surface area contributed by atoms with Crippen LogP contribution in [0.3, 0.4) is 0 Å². The van der Waals surface area contributed by atoms with Crippen LogP contribution in [0, 0.1) is 5.82 Å². The number of carbonyl (C=O) groups is 1. The van der Waals surface area contributed by atoms with Crippen LogP contribution in [0.15, 0.2) is 12.1 Å². The van der Waals surface area contributed by atoms with Crippen molar-refractivity contribution in [2.75, 3.05) is 14.2 Å². The van der Waals surface area contributed by atoms with Crippen LogP contribution in [0.1, 0.15) is 24.0 Å². The molecule has 0 amide bonds. The summed E-state index contributed by atoms with van der Waals surface area (Å²) in [4.78, 5) is 11.0. The van der Waals surface area contributed by atoms with Gasteiger partial charge in [0.2, 0.25) is 0 Å². The van der Waals surface area contributed by atoms with E-state index in [1.165, 1.54) is 33.3 Å². The molecular weight excluding hydrogens is 227 g/mol. The molecule has 0 fully saturated rings. The van der Waals surface area contributed by atoms with Gasteiger partial charge in [-0.05, 0) is 18.6 Å². The molecule has 1 aromatic rings. The van der Waals surface area contributed by atoms with E-state index in [-0.39, 0.29) is 12.4 Å². The molecule has 0 aliphatic heterocycles. The summed E-state index contributed by atoms with van der Waals surface area (Å²) in [5, 5.41) is 9.03. The molecule has 1 atom stereocenters. The fraction of sp³-hybridized carbons (Fsp3) is 0.417. The predicted octanol–water partition coefficient (Wildman–Crippen LogP) is 2.17. The van der Waals surface area contributed by atoms with Gasteiger partial charge in [0.15, 0.2) is 0 Å². The highest BCUT2D eigenvalue weighted by Crippen LogP contribution is 2.32. The SMILES string of the molecule is COCc1cc(F)cc(OC)c1C(C)C(=O)O. The van der Waals surface area contributed by atoms with Crippen LogP contribution in [-0.4, -0.2) is 25.3 Å². The van der Waals surface area contributed by atoms with E-state index in [9.17, 15) is 9.18 Å². The van der Waals surface area contributed by atoms with Crippen molar-refractivity contribution in [1.29, 1.82) is 0 Å². The highest BCUT2D eigenvalue weighted by molar-refractivity contribution is 5.77. The van der Waals surface area contributed by atoms with Gasteiger partial charge < -0.3 is 14.6 Å². The van der Waals surface area contributed by atoms with E-state index in [2.05, 4.69) is 0 Å². The molecule has 5 heteroatoms. The van der Waals surface area contributed by atoms with Gasteiger partial charge in [-0.3, -0.25) is 4.79 Å². The van der Waals surface area contributed by atoms with E-state index in [0.29, 0.717) is 11.1 Å². The number of benzene rings is 1. The Balaban J connectivity index is 3.35. The second kappa shape index (κ2) is 5.63. The Morgan fingerprint density at radius 3 is 2.59 bits per heavy atom. The quantitative estimate of drug-likeness (QED) is 0.859. The number of carboxylic acid groups (broad SMARTS) is 1. The lowest BCUT2D eigenvalue weighted by atomic mass is 9.94. The van der Waals surface area contributed by atoms with Crippen LogP contribution in [-0.2, 0) is 16.1 Å². The molecule has 0 aromatic heterocycles. The molecule has 1 aromatic carbocycles. The van der Waals surface area contributed by atoms with Crippen molar-refractivity contribution in [3.05, 3.63) is 29.1 Å². The third-order valence-corrected chi connectivity index (χ3v) is 2.52. The van der Waals surface area contributed by atoms with Crippen LogP contribution >= 0.6 is 0 Å². The number of carboxylic acids is 1.